The van der Waals surface area contributed by atoms with E-state index in [9.17, 15) is 0 Å². The first-order valence-corrected chi connectivity index (χ1v) is 2.59. The minimum absolute atomic E-state index is 0.431. The molecule has 1 saturated carbocycles. The van der Waals surface area contributed by atoms with E-state index in [1.165, 1.54) is 5.92 Å². The third kappa shape index (κ3) is 0.640. The number of halogens is 2. The van der Waals surface area contributed by atoms with Crippen LogP contribution in [0.2, 0.25) is 0 Å². The van der Waals surface area contributed by atoms with Crippen molar-refractivity contribution in [3.8, 4) is 0 Å². The lowest BCUT2D eigenvalue weighted by atomic mass is 10.5. The quantitative estimate of drug-likeness (QED) is 0.434. The standard InChI is InChI=1S/C4H5Cl2/c1-3-2-4(3,5)6/h2H2,1H3. The summed E-state index contributed by atoms with van der Waals surface area (Å²) in [5, 5.41) is 0. The Bertz CT molecular complexity index is 67.9. The molecule has 35 valence electrons. The van der Waals surface area contributed by atoms with Crippen molar-refractivity contribution >= 4 is 23.2 Å². The fraction of sp³-hybridized carbons (Fsp3) is 0.750. The highest BCUT2D eigenvalue weighted by Gasteiger charge is 2.48. The summed E-state index contributed by atoms with van der Waals surface area (Å²) in [5.41, 5.74) is 0. The molecule has 0 atom stereocenters. The van der Waals surface area contributed by atoms with Gasteiger partial charge in [0.15, 0.2) is 0 Å². The van der Waals surface area contributed by atoms with Crippen molar-refractivity contribution in [1.82, 2.24) is 0 Å². The molecule has 0 spiro atoms. The van der Waals surface area contributed by atoms with Gasteiger partial charge in [0.1, 0.15) is 4.33 Å². The lowest BCUT2D eigenvalue weighted by Gasteiger charge is -1.84. The highest BCUT2D eigenvalue weighted by atomic mass is 35.5. The van der Waals surface area contributed by atoms with Crippen LogP contribution in [0.5, 0.6) is 0 Å². The maximum absolute atomic E-state index is 5.52. The molecule has 0 bridgehead atoms. The van der Waals surface area contributed by atoms with Crippen molar-refractivity contribution in [3.63, 3.8) is 0 Å². The molecule has 0 aromatic rings. The highest BCUT2D eigenvalue weighted by Crippen LogP contribution is 2.54. The Labute approximate surface area is 47.4 Å². The van der Waals surface area contributed by atoms with Crippen molar-refractivity contribution < 1.29 is 0 Å². The van der Waals surface area contributed by atoms with Crippen molar-refractivity contribution in [2.24, 2.45) is 0 Å². The van der Waals surface area contributed by atoms with Gasteiger partial charge in [0.25, 0.3) is 0 Å². The van der Waals surface area contributed by atoms with Gasteiger partial charge < -0.3 is 0 Å². The Morgan fingerprint density at radius 2 is 1.83 bits per heavy atom. The largest absolute Gasteiger partial charge is 0.125 e. The van der Waals surface area contributed by atoms with E-state index in [2.05, 4.69) is 0 Å². The summed E-state index contributed by atoms with van der Waals surface area (Å²) in [6.07, 6.45) is 0.885. The van der Waals surface area contributed by atoms with Gasteiger partial charge in [0.05, 0.1) is 0 Å². The van der Waals surface area contributed by atoms with E-state index in [4.69, 9.17) is 23.2 Å². The molecule has 0 amide bonds. The average molecular weight is 124 g/mol. The zero-order chi connectivity index (χ0) is 4.78. The van der Waals surface area contributed by atoms with E-state index < -0.39 is 4.33 Å². The van der Waals surface area contributed by atoms with Crippen LogP contribution in [0.4, 0.5) is 0 Å². The molecule has 2 heteroatoms. The molecule has 0 nitrogen and oxygen atoms in total. The molecule has 0 aliphatic heterocycles. The first-order valence-electron chi connectivity index (χ1n) is 1.84. The number of hydrogen-bond acceptors (Lipinski definition) is 0. The SMILES string of the molecule is C[C]1CC1(Cl)Cl. The Hall–Kier alpha value is 0.580. The van der Waals surface area contributed by atoms with Crippen LogP contribution in [0, 0.1) is 5.92 Å². The van der Waals surface area contributed by atoms with Gasteiger partial charge >= 0.3 is 0 Å². The Kier molecular flexibility index (Phi) is 0.825. The van der Waals surface area contributed by atoms with Gasteiger partial charge in [-0.25, -0.2) is 0 Å². The van der Waals surface area contributed by atoms with Crippen LogP contribution < -0.4 is 0 Å². The Balaban J connectivity index is 2.41. The molecular formula is C4H5Cl2. The van der Waals surface area contributed by atoms with Crippen molar-refractivity contribution in [1.29, 1.82) is 0 Å². The van der Waals surface area contributed by atoms with Crippen molar-refractivity contribution in [3.05, 3.63) is 5.92 Å². The maximum atomic E-state index is 5.52. The highest BCUT2D eigenvalue weighted by molar-refractivity contribution is 6.53. The van der Waals surface area contributed by atoms with Crippen LogP contribution in [0.3, 0.4) is 0 Å². The molecule has 1 radical (unpaired) electrons. The van der Waals surface area contributed by atoms with Crippen LogP contribution in [0.1, 0.15) is 13.3 Å². The van der Waals surface area contributed by atoms with E-state index in [-0.39, 0.29) is 0 Å². The molecule has 0 aromatic carbocycles. The molecule has 0 aromatic heterocycles. The van der Waals surface area contributed by atoms with Gasteiger partial charge in [-0.2, -0.15) is 0 Å². The van der Waals surface area contributed by atoms with Gasteiger partial charge in [-0.15, -0.1) is 23.2 Å². The minimum atomic E-state index is -0.431. The summed E-state index contributed by atoms with van der Waals surface area (Å²) in [5.74, 6) is 1.19. The summed E-state index contributed by atoms with van der Waals surface area (Å²) < 4.78 is -0.431. The van der Waals surface area contributed by atoms with E-state index in [1.54, 1.807) is 0 Å². The van der Waals surface area contributed by atoms with E-state index in [1.807, 2.05) is 6.92 Å². The second-order valence-corrected chi connectivity index (χ2v) is 3.15. The van der Waals surface area contributed by atoms with Crippen LogP contribution >= 0.6 is 23.2 Å². The second kappa shape index (κ2) is 1.05. The minimum Gasteiger partial charge on any atom is -0.101 e. The Morgan fingerprint density at radius 3 is 1.83 bits per heavy atom. The second-order valence-electron chi connectivity index (χ2n) is 1.66. The monoisotopic (exact) mass is 123 g/mol. The summed E-state index contributed by atoms with van der Waals surface area (Å²) in [6.45, 7) is 1.96. The third-order valence-electron chi connectivity index (χ3n) is 0.987. The smallest absolute Gasteiger partial charge is 0.101 e. The van der Waals surface area contributed by atoms with E-state index in [0.29, 0.717) is 0 Å². The maximum Gasteiger partial charge on any atom is 0.125 e. The molecule has 6 heavy (non-hydrogen) atoms. The zero-order valence-corrected chi connectivity index (χ0v) is 4.97. The first-order chi connectivity index (χ1) is 2.63. The molecule has 1 aliphatic rings. The fourth-order valence-corrected chi connectivity index (χ4v) is 0.690. The van der Waals surface area contributed by atoms with E-state index >= 15 is 0 Å². The van der Waals surface area contributed by atoms with Gasteiger partial charge in [-0.05, 0) is 6.42 Å². The lowest BCUT2D eigenvalue weighted by molar-refractivity contribution is 1.33. The molecule has 1 aliphatic carbocycles. The lowest BCUT2D eigenvalue weighted by Crippen LogP contribution is -1.80. The summed E-state index contributed by atoms with van der Waals surface area (Å²) in [6, 6.07) is 0. The number of alkyl halides is 2. The molecule has 0 unspecified atom stereocenters. The predicted octanol–water partition coefficient (Wildman–Crippen LogP) is 2.16. The van der Waals surface area contributed by atoms with Crippen LogP contribution in [0.15, 0.2) is 0 Å². The average Bonchev–Trinajstić information content (AvgIpc) is 1.73. The fourth-order valence-electron chi connectivity index (χ4n) is 0.289. The van der Waals surface area contributed by atoms with Gasteiger partial charge in [0, 0.05) is 5.92 Å². The van der Waals surface area contributed by atoms with Crippen molar-refractivity contribution in [2.75, 3.05) is 0 Å². The van der Waals surface area contributed by atoms with Gasteiger partial charge in [-0.3, -0.25) is 0 Å². The summed E-state index contributed by atoms with van der Waals surface area (Å²) in [7, 11) is 0. The topological polar surface area (TPSA) is 0 Å². The summed E-state index contributed by atoms with van der Waals surface area (Å²) in [4.78, 5) is 0. The first kappa shape index (κ1) is 4.73. The van der Waals surface area contributed by atoms with Crippen LogP contribution in [0.25, 0.3) is 0 Å². The predicted molar refractivity (Wildman–Crippen MR) is 28.0 cm³/mol. The molecule has 1 fully saturated rings. The molecule has 0 heterocycles. The van der Waals surface area contributed by atoms with E-state index in [0.717, 1.165) is 6.42 Å². The number of rotatable bonds is 0. The summed E-state index contributed by atoms with van der Waals surface area (Å²) >= 11 is 11.0. The Morgan fingerprint density at radius 1 is 1.67 bits per heavy atom. The van der Waals surface area contributed by atoms with Crippen LogP contribution in [-0.4, -0.2) is 4.33 Å². The molecule has 1 rings (SSSR count). The zero-order valence-electron chi connectivity index (χ0n) is 3.46. The third-order valence-corrected chi connectivity index (χ3v) is 1.90. The molecular weight excluding hydrogens is 119 g/mol. The normalized spacial score (nSPS) is 30.5. The number of hydrogen-bond donors (Lipinski definition) is 0. The molecule has 0 saturated heterocycles. The van der Waals surface area contributed by atoms with Crippen molar-refractivity contribution in [2.45, 2.75) is 17.7 Å². The van der Waals surface area contributed by atoms with Gasteiger partial charge in [-0.1, -0.05) is 6.92 Å². The van der Waals surface area contributed by atoms with Gasteiger partial charge in [0.2, 0.25) is 0 Å². The molecule has 0 N–H and O–H groups in total. The van der Waals surface area contributed by atoms with Crippen LogP contribution in [-0.2, 0) is 0 Å².